The summed E-state index contributed by atoms with van der Waals surface area (Å²) in [6, 6.07) is 13.1. The average Bonchev–Trinajstić information content (AvgIpc) is 3.62. The molecule has 0 radical (unpaired) electrons. The van der Waals surface area contributed by atoms with Crippen LogP contribution in [0.15, 0.2) is 83.6 Å². The monoisotopic (exact) mass is 575 g/mol. The Morgan fingerprint density at radius 3 is 2.07 bits per heavy atom. The smallest absolute Gasteiger partial charge is 0.416 e. The lowest BCUT2D eigenvalue weighted by atomic mass is 10.0. The zero-order valence-corrected chi connectivity index (χ0v) is 21.7. The van der Waals surface area contributed by atoms with E-state index in [9.17, 15) is 35.9 Å². The minimum absolute atomic E-state index is 0.0463. The number of amides is 2. The SMILES string of the molecule is CC(C)N(CC(=O)N1c2ccccc2-n2cccc2C1c1ccco1)C(=O)c1cc(C(F)(F)F)cc(C(F)(F)F)c1. The second kappa shape index (κ2) is 10.2. The van der Waals surface area contributed by atoms with Crippen LogP contribution in [0.5, 0.6) is 0 Å². The Labute approximate surface area is 230 Å². The maximum absolute atomic E-state index is 14.0. The van der Waals surface area contributed by atoms with Crippen LogP contribution in [-0.4, -0.2) is 33.9 Å². The Morgan fingerprint density at radius 1 is 0.878 bits per heavy atom. The standard InChI is InChI=1S/C29H23F6N3O3/c1-17(2)37(27(40)18-13-19(28(30,31)32)15-20(14-18)29(33,34)35)16-25(39)38-22-8-4-3-7-21(22)36-11-5-9-23(36)26(38)24-10-6-12-41-24/h3-15,17,26H,16H2,1-2H3. The highest BCUT2D eigenvalue weighted by atomic mass is 19.4. The number of anilines is 1. The first-order chi connectivity index (χ1) is 19.3. The summed E-state index contributed by atoms with van der Waals surface area (Å²) in [6.07, 6.45) is -6.99. The number of rotatable bonds is 5. The van der Waals surface area contributed by atoms with Crippen molar-refractivity contribution >= 4 is 17.5 Å². The van der Waals surface area contributed by atoms with Gasteiger partial charge in [-0.2, -0.15) is 26.3 Å². The predicted octanol–water partition coefficient (Wildman–Crippen LogP) is 7.09. The fraction of sp³-hybridized carbons (Fsp3) is 0.241. The molecule has 41 heavy (non-hydrogen) atoms. The van der Waals surface area contributed by atoms with Crippen LogP contribution in [0.2, 0.25) is 0 Å². The predicted molar refractivity (Wildman–Crippen MR) is 136 cm³/mol. The summed E-state index contributed by atoms with van der Waals surface area (Å²) >= 11 is 0. The fourth-order valence-corrected chi connectivity index (χ4v) is 4.93. The lowest BCUT2D eigenvalue weighted by Gasteiger charge is -2.38. The highest BCUT2D eigenvalue weighted by Gasteiger charge is 2.40. The van der Waals surface area contributed by atoms with Gasteiger partial charge in [0, 0.05) is 17.8 Å². The molecule has 12 heteroatoms. The number of alkyl halides is 6. The second-order valence-electron chi connectivity index (χ2n) is 9.79. The number of hydrogen-bond acceptors (Lipinski definition) is 3. The van der Waals surface area contributed by atoms with Crippen molar-refractivity contribution in [2.75, 3.05) is 11.4 Å². The highest BCUT2D eigenvalue weighted by molar-refractivity contribution is 6.02. The van der Waals surface area contributed by atoms with Gasteiger partial charge in [0.1, 0.15) is 18.3 Å². The van der Waals surface area contributed by atoms with E-state index in [0.29, 0.717) is 35.0 Å². The number of benzene rings is 2. The third-order valence-electron chi connectivity index (χ3n) is 6.83. The van der Waals surface area contributed by atoms with Crippen LogP contribution >= 0.6 is 0 Å². The Kier molecular flexibility index (Phi) is 6.96. The summed E-state index contributed by atoms with van der Waals surface area (Å²) in [7, 11) is 0. The van der Waals surface area contributed by atoms with Gasteiger partial charge in [-0.05, 0) is 68.4 Å². The van der Waals surface area contributed by atoms with Gasteiger partial charge in [0.15, 0.2) is 0 Å². The molecule has 0 N–H and O–H groups in total. The number of nitrogens with zero attached hydrogens (tertiary/aromatic N) is 3. The molecule has 1 atom stereocenters. The molecule has 5 rings (SSSR count). The first kappa shape index (κ1) is 28.1. The first-order valence-corrected chi connectivity index (χ1v) is 12.5. The van der Waals surface area contributed by atoms with Gasteiger partial charge in [0.2, 0.25) is 5.91 Å². The summed E-state index contributed by atoms with van der Waals surface area (Å²) in [5.41, 5.74) is -2.23. The summed E-state index contributed by atoms with van der Waals surface area (Å²) in [5, 5.41) is 0. The number of hydrogen-bond donors (Lipinski definition) is 0. The van der Waals surface area contributed by atoms with Gasteiger partial charge in [0.25, 0.3) is 5.91 Å². The van der Waals surface area contributed by atoms with Gasteiger partial charge >= 0.3 is 12.4 Å². The molecule has 0 aliphatic carbocycles. The third-order valence-corrected chi connectivity index (χ3v) is 6.83. The molecule has 0 bridgehead atoms. The summed E-state index contributed by atoms with van der Waals surface area (Å²) in [6.45, 7) is 2.41. The molecule has 1 unspecified atom stereocenters. The zero-order chi connectivity index (χ0) is 29.7. The molecule has 0 saturated carbocycles. The van der Waals surface area contributed by atoms with Crippen LogP contribution in [0.4, 0.5) is 32.0 Å². The van der Waals surface area contributed by atoms with E-state index in [4.69, 9.17) is 4.42 Å². The lowest BCUT2D eigenvalue weighted by Crippen LogP contribution is -2.48. The number of halogens is 6. The quantitative estimate of drug-likeness (QED) is 0.239. The van der Waals surface area contributed by atoms with Crippen molar-refractivity contribution in [3.05, 3.63) is 107 Å². The number of aromatic nitrogens is 1. The maximum atomic E-state index is 14.0. The summed E-state index contributed by atoms with van der Waals surface area (Å²) in [5.74, 6) is -1.34. The molecule has 2 aromatic heterocycles. The number of para-hydroxylation sites is 2. The average molecular weight is 576 g/mol. The summed E-state index contributed by atoms with van der Waals surface area (Å²) < 4.78 is 88.3. The minimum Gasteiger partial charge on any atom is -0.467 e. The van der Waals surface area contributed by atoms with Gasteiger partial charge in [-0.3, -0.25) is 14.5 Å². The van der Waals surface area contributed by atoms with E-state index in [0.717, 1.165) is 4.90 Å². The topological polar surface area (TPSA) is 58.7 Å². The van der Waals surface area contributed by atoms with Crippen LogP contribution in [0.1, 0.15) is 52.8 Å². The highest BCUT2D eigenvalue weighted by Crippen LogP contribution is 2.42. The van der Waals surface area contributed by atoms with Gasteiger partial charge in [-0.1, -0.05) is 12.1 Å². The van der Waals surface area contributed by atoms with Crippen LogP contribution in [0.25, 0.3) is 5.69 Å². The molecule has 1 aliphatic heterocycles. The van der Waals surface area contributed by atoms with Crippen molar-refractivity contribution in [1.29, 1.82) is 0 Å². The van der Waals surface area contributed by atoms with E-state index in [1.165, 1.54) is 25.0 Å². The first-order valence-electron chi connectivity index (χ1n) is 12.5. The Hall–Kier alpha value is -4.48. The van der Waals surface area contributed by atoms with E-state index in [1.54, 1.807) is 48.5 Å². The molecule has 2 amide bonds. The van der Waals surface area contributed by atoms with E-state index >= 15 is 0 Å². The normalized spacial score (nSPS) is 15.0. The number of carbonyl (C=O) groups is 2. The fourth-order valence-electron chi connectivity index (χ4n) is 4.93. The Balaban J connectivity index is 1.55. The molecular weight excluding hydrogens is 552 g/mol. The van der Waals surface area contributed by atoms with E-state index in [2.05, 4.69) is 0 Å². The van der Waals surface area contributed by atoms with Crippen molar-refractivity contribution in [3.63, 3.8) is 0 Å². The zero-order valence-electron chi connectivity index (χ0n) is 21.7. The van der Waals surface area contributed by atoms with Gasteiger partial charge in [-0.25, -0.2) is 0 Å². The molecule has 4 aromatic rings. The van der Waals surface area contributed by atoms with Crippen LogP contribution in [0, 0.1) is 0 Å². The largest absolute Gasteiger partial charge is 0.467 e. The van der Waals surface area contributed by atoms with Crippen molar-refractivity contribution in [3.8, 4) is 5.69 Å². The lowest BCUT2D eigenvalue weighted by molar-refractivity contribution is -0.143. The Morgan fingerprint density at radius 2 is 1.51 bits per heavy atom. The van der Waals surface area contributed by atoms with Gasteiger partial charge < -0.3 is 13.9 Å². The van der Waals surface area contributed by atoms with Crippen LogP contribution in [0.3, 0.4) is 0 Å². The van der Waals surface area contributed by atoms with Crippen LogP contribution < -0.4 is 4.90 Å². The third kappa shape index (κ3) is 5.21. The molecule has 1 aliphatic rings. The number of fused-ring (bicyclic) bond motifs is 3. The van der Waals surface area contributed by atoms with Gasteiger partial charge in [0.05, 0.1) is 34.5 Å². The molecule has 0 saturated heterocycles. The number of carbonyl (C=O) groups excluding carboxylic acids is 2. The van der Waals surface area contributed by atoms with E-state index < -0.39 is 59.5 Å². The molecule has 0 fully saturated rings. The molecule has 2 aromatic carbocycles. The molecular formula is C29H23F6N3O3. The van der Waals surface area contributed by atoms with E-state index in [-0.39, 0.29) is 6.07 Å². The second-order valence-corrected chi connectivity index (χ2v) is 9.79. The molecule has 6 nitrogen and oxygen atoms in total. The summed E-state index contributed by atoms with van der Waals surface area (Å²) in [4.78, 5) is 29.9. The molecule has 0 spiro atoms. The molecule has 3 heterocycles. The van der Waals surface area contributed by atoms with Crippen molar-refractivity contribution in [1.82, 2.24) is 9.47 Å². The van der Waals surface area contributed by atoms with E-state index in [1.807, 2.05) is 10.8 Å². The van der Waals surface area contributed by atoms with Crippen molar-refractivity contribution in [2.24, 2.45) is 0 Å². The minimum atomic E-state index is -5.13. The van der Waals surface area contributed by atoms with Crippen LogP contribution in [-0.2, 0) is 17.1 Å². The Bertz CT molecular complexity index is 1560. The van der Waals surface area contributed by atoms with Gasteiger partial charge in [-0.15, -0.1) is 0 Å². The van der Waals surface area contributed by atoms with Crippen molar-refractivity contribution < 1.29 is 40.3 Å². The van der Waals surface area contributed by atoms with Crippen molar-refractivity contribution in [2.45, 2.75) is 38.3 Å². The maximum Gasteiger partial charge on any atom is 0.416 e. The number of furan rings is 1. The molecule has 214 valence electrons.